The van der Waals surface area contributed by atoms with Gasteiger partial charge in [-0.15, -0.1) is 0 Å². The summed E-state index contributed by atoms with van der Waals surface area (Å²) in [5, 5.41) is 7.39. The Hall–Kier alpha value is -0.490. The first kappa shape index (κ1) is 12.0. The third-order valence-electron chi connectivity index (χ3n) is 2.66. The molecule has 0 atom stereocenters. The summed E-state index contributed by atoms with van der Waals surface area (Å²) in [6.45, 7) is 0. The molecule has 0 amide bonds. The highest BCUT2D eigenvalue weighted by molar-refractivity contribution is 9.10. The van der Waals surface area contributed by atoms with Crippen LogP contribution in [0.15, 0.2) is 15.5 Å². The normalized spacial score (nSPS) is 17.4. The van der Waals surface area contributed by atoms with Crippen LogP contribution >= 0.6 is 27.7 Å². The monoisotopic (exact) mass is 303 g/mol. The predicted octanol–water partition coefficient (Wildman–Crippen LogP) is 1.85. The first-order chi connectivity index (χ1) is 7.68. The van der Waals surface area contributed by atoms with Crippen molar-refractivity contribution in [1.82, 2.24) is 9.78 Å². The Kier molecular flexibility index (Phi) is 3.91. The lowest BCUT2D eigenvalue weighted by molar-refractivity contribution is 0.658. The molecule has 1 aromatic rings. The largest absolute Gasteiger partial charge is 0.380 e. The van der Waals surface area contributed by atoms with Crippen molar-refractivity contribution >= 4 is 33.4 Å². The molecule has 0 aromatic carbocycles. The van der Waals surface area contributed by atoms with E-state index in [-0.39, 0.29) is 5.56 Å². The van der Waals surface area contributed by atoms with E-state index in [4.69, 9.17) is 0 Å². The van der Waals surface area contributed by atoms with Crippen LogP contribution in [0.4, 0.5) is 5.69 Å². The number of nitrogens with one attached hydrogen (secondary N) is 1. The molecule has 88 valence electrons. The van der Waals surface area contributed by atoms with Gasteiger partial charge in [-0.3, -0.25) is 4.79 Å². The lowest BCUT2D eigenvalue weighted by Gasteiger charge is -2.23. The van der Waals surface area contributed by atoms with Gasteiger partial charge in [0.25, 0.3) is 5.56 Å². The van der Waals surface area contributed by atoms with Crippen molar-refractivity contribution in [2.45, 2.75) is 18.9 Å². The molecule has 0 radical (unpaired) electrons. The van der Waals surface area contributed by atoms with Crippen LogP contribution in [0.3, 0.4) is 0 Å². The van der Waals surface area contributed by atoms with E-state index in [1.807, 2.05) is 11.8 Å². The van der Waals surface area contributed by atoms with Crippen molar-refractivity contribution in [3.05, 3.63) is 21.0 Å². The molecule has 1 saturated heterocycles. The summed E-state index contributed by atoms with van der Waals surface area (Å²) >= 11 is 5.30. The maximum Gasteiger partial charge on any atom is 0.282 e. The number of thioether (sulfide) groups is 1. The van der Waals surface area contributed by atoms with Gasteiger partial charge in [0, 0.05) is 13.1 Å². The number of anilines is 1. The second-order valence-electron chi connectivity index (χ2n) is 3.83. The van der Waals surface area contributed by atoms with Crippen LogP contribution in [-0.4, -0.2) is 27.3 Å². The molecule has 6 heteroatoms. The zero-order chi connectivity index (χ0) is 11.5. The van der Waals surface area contributed by atoms with Crippen LogP contribution < -0.4 is 10.9 Å². The van der Waals surface area contributed by atoms with Gasteiger partial charge in [0.2, 0.25) is 0 Å². The minimum absolute atomic E-state index is 0.102. The molecule has 1 aliphatic heterocycles. The van der Waals surface area contributed by atoms with Gasteiger partial charge in [-0.2, -0.15) is 16.9 Å². The third-order valence-corrected chi connectivity index (χ3v) is 4.47. The van der Waals surface area contributed by atoms with Crippen molar-refractivity contribution < 1.29 is 0 Å². The van der Waals surface area contributed by atoms with E-state index in [1.54, 1.807) is 13.2 Å². The molecule has 0 spiro atoms. The smallest absolute Gasteiger partial charge is 0.282 e. The topological polar surface area (TPSA) is 46.9 Å². The van der Waals surface area contributed by atoms with Crippen LogP contribution in [0, 0.1) is 0 Å². The van der Waals surface area contributed by atoms with Crippen LogP contribution in [-0.2, 0) is 7.05 Å². The minimum atomic E-state index is -0.102. The number of halogens is 1. The highest BCUT2D eigenvalue weighted by atomic mass is 79.9. The molecule has 1 N–H and O–H groups in total. The molecular weight excluding hydrogens is 290 g/mol. The fourth-order valence-electron chi connectivity index (χ4n) is 1.67. The summed E-state index contributed by atoms with van der Waals surface area (Å²) in [7, 11) is 1.65. The Balaban J connectivity index is 2.15. The average molecular weight is 304 g/mol. The first-order valence-corrected chi connectivity index (χ1v) is 7.19. The van der Waals surface area contributed by atoms with Crippen LogP contribution in [0.2, 0.25) is 0 Å². The Morgan fingerprint density at radius 2 is 2.25 bits per heavy atom. The first-order valence-electron chi connectivity index (χ1n) is 5.24. The average Bonchev–Trinajstić information content (AvgIpc) is 2.31. The van der Waals surface area contributed by atoms with E-state index in [0.717, 1.165) is 18.5 Å². The van der Waals surface area contributed by atoms with Crippen molar-refractivity contribution in [1.29, 1.82) is 0 Å². The van der Waals surface area contributed by atoms with Crippen molar-refractivity contribution in [3.8, 4) is 0 Å². The van der Waals surface area contributed by atoms with E-state index < -0.39 is 0 Å². The maximum atomic E-state index is 11.6. The van der Waals surface area contributed by atoms with Gasteiger partial charge < -0.3 is 5.32 Å². The summed E-state index contributed by atoms with van der Waals surface area (Å²) in [4.78, 5) is 11.6. The molecule has 4 nitrogen and oxygen atoms in total. The highest BCUT2D eigenvalue weighted by Gasteiger charge is 2.15. The Morgan fingerprint density at radius 1 is 1.56 bits per heavy atom. The van der Waals surface area contributed by atoms with E-state index in [0.29, 0.717) is 10.5 Å². The molecule has 2 rings (SSSR count). The third kappa shape index (κ3) is 2.60. The van der Waals surface area contributed by atoms with E-state index in [9.17, 15) is 4.79 Å². The quantitative estimate of drug-likeness (QED) is 0.906. The fourth-order valence-corrected chi connectivity index (χ4v) is 3.25. The van der Waals surface area contributed by atoms with Crippen molar-refractivity contribution in [2.75, 3.05) is 16.8 Å². The molecule has 1 aromatic heterocycles. The van der Waals surface area contributed by atoms with Gasteiger partial charge in [-0.1, -0.05) is 0 Å². The Morgan fingerprint density at radius 3 is 2.94 bits per heavy atom. The number of aromatic nitrogens is 2. The molecule has 0 aliphatic carbocycles. The van der Waals surface area contributed by atoms with E-state index in [2.05, 4.69) is 26.3 Å². The second-order valence-corrected chi connectivity index (χ2v) is 5.85. The summed E-state index contributed by atoms with van der Waals surface area (Å²) in [5.41, 5.74) is 0.704. The number of hydrogen-bond donors (Lipinski definition) is 1. The fraction of sp³-hybridized carbons (Fsp3) is 0.600. The van der Waals surface area contributed by atoms with Gasteiger partial charge in [0.1, 0.15) is 4.47 Å². The predicted molar refractivity (Wildman–Crippen MR) is 71.1 cm³/mol. The number of rotatable bonds is 2. The summed E-state index contributed by atoms with van der Waals surface area (Å²) in [6, 6.07) is 0.464. The number of aryl methyl sites for hydroxylation is 1. The second kappa shape index (κ2) is 5.23. The molecule has 0 saturated carbocycles. The standard InChI is InChI=1S/C10H14BrN3OS/c1-14-10(15)9(11)8(6-12-14)13-7-2-4-16-5-3-7/h6-7,13H,2-5H2,1H3. The molecular formula is C10H14BrN3OS. The Labute approximate surface area is 107 Å². The molecule has 16 heavy (non-hydrogen) atoms. The molecule has 0 bridgehead atoms. The zero-order valence-corrected chi connectivity index (χ0v) is 11.5. The lowest BCUT2D eigenvalue weighted by atomic mass is 10.1. The van der Waals surface area contributed by atoms with E-state index >= 15 is 0 Å². The van der Waals surface area contributed by atoms with Gasteiger partial charge >= 0.3 is 0 Å². The van der Waals surface area contributed by atoms with Crippen LogP contribution in [0.1, 0.15) is 12.8 Å². The maximum absolute atomic E-state index is 11.6. The van der Waals surface area contributed by atoms with E-state index in [1.165, 1.54) is 16.2 Å². The minimum Gasteiger partial charge on any atom is -0.380 e. The molecule has 1 aliphatic rings. The molecule has 2 heterocycles. The SMILES string of the molecule is Cn1ncc(NC2CCSCC2)c(Br)c1=O. The lowest BCUT2D eigenvalue weighted by Crippen LogP contribution is -2.27. The van der Waals surface area contributed by atoms with Gasteiger partial charge in [0.05, 0.1) is 11.9 Å². The van der Waals surface area contributed by atoms with Crippen LogP contribution in [0.25, 0.3) is 0 Å². The van der Waals surface area contributed by atoms with Gasteiger partial charge in [0.15, 0.2) is 0 Å². The zero-order valence-electron chi connectivity index (χ0n) is 9.07. The van der Waals surface area contributed by atoms with Crippen LogP contribution in [0.5, 0.6) is 0 Å². The van der Waals surface area contributed by atoms with Gasteiger partial charge in [-0.25, -0.2) is 4.68 Å². The summed E-state index contributed by atoms with van der Waals surface area (Å²) in [5.74, 6) is 2.38. The Bertz CT molecular complexity index is 429. The highest BCUT2D eigenvalue weighted by Crippen LogP contribution is 2.23. The summed E-state index contributed by atoms with van der Waals surface area (Å²) in [6.07, 6.45) is 3.99. The molecule has 0 unspecified atom stereocenters. The summed E-state index contributed by atoms with van der Waals surface area (Å²) < 4.78 is 1.90. The van der Waals surface area contributed by atoms with Gasteiger partial charge in [-0.05, 0) is 40.3 Å². The van der Waals surface area contributed by atoms with Crippen molar-refractivity contribution in [3.63, 3.8) is 0 Å². The molecule has 1 fully saturated rings. The number of nitrogens with zero attached hydrogens (tertiary/aromatic N) is 2. The van der Waals surface area contributed by atoms with Crippen molar-refractivity contribution in [2.24, 2.45) is 7.05 Å². The number of hydrogen-bond acceptors (Lipinski definition) is 4.